The Morgan fingerprint density at radius 3 is 2.57 bits per heavy atom. The maximum atomic E-state index is 4.29. The number of aromatic nitrogens is 1. The van der Waals surface area contributed by atoms with Gasteiger partial charge in [-0.1, -0.05) is 18.2 Å². The van der Waals surface area contributed by atoms with Crippen LogP contribution in [0.4, 0.5) is 11.4 Å². The van der Waals surface area contributed by atoms with Gasteiger partial charge in [-0.15, -0.1) is 11.8 Å². The van der Waals surface area contributed by atoms with E-state index in [1.807, 2.05) is 30.2 Å². The smallest absolute Gasteiger partial charge is 0.0556 e. The molecule has 0 bridgehead atoms. The van der Waals surface area contributed by atoms with Crippen molar-refractivity contribution in [1.29, 1.82) is 0 Å². The Morgan fingerprint density at radius 2 is 1.79 bits per heavy atom. The van der Waals surface area contributed by atoms with E-state index in [1.54, 1.807) is 0 Å². The minimum absolute atomic E-state index is 0.886. The van der Waals surface area contributed by atoms with Crippen LogP contribution in [0.3, 0.4) is 0 Å². The molecule has 0 amide bonds. The standard InChI is InChI=1S/C23H28N4S/c1-2-6-23(26-12-10-25(11-13-26)20-7-8-20)19(4-1)16-22-18-27(14-15-28-22)21-5-3-9-24-17-21/h1-6,9,16-17,20H,7-8,10-15,18H2. The second-order valence-corrected chi connectivity index (χ2v) is 9.13. The van der Waals surface area contributed by atoms with Gasteiger partial charge in [-0.3, -0.25) is 9.88 Å². The maximum Gasteiger partial charge on any atom is 0.0556 e. The lowest BCUT2D eigenvalue weighted by Crippen LogP contribution is -2.47. The molecule has 2 aromatic rings. The van der Waals surface area contributed by atoms with Gasteiger partial charge in [0.2, 0.25) is 0 Å². The van der Waals surface area contributed by atoms with Gasteiger partial charge in [0.05, 0.1) is 11.9 Å². The molecular weight excluding hydrogens is 364 g/mol. The summed E-state index contributed by atoms with van der Waals surface area (Å²) in [6.45, 7) is 6.76. The van der Waals surface area contributed by atoms with Crippen LogP contribution in [0.5, 0.6) is 0 Å². The maximum absolute atomic E-state index is 4.29. The Kier molecular flexibility index (Phi) is 5.28. The van der Waals surface area contributed by atoms with Crippen molar-refractivity contribution < 1.29 is 0 Å². The number of nitrogens with zero attached hydrogens (tertiary/aromatic N) is 4. The van der Waals surface area contributed by atoms with Crippen molar-refractivity contribution in [2.24, 2.45) is 0 Å². The van der Waals surface area contributed by atoms with Gasteiger partial charge in [0.15, 0.2) is 0 Å². The second kappa shape index (κ2) is 8.18. The molecule has 28 heavy (non-hydrogen) atoms. The summed E-state index contributed by atoms with van der Waals surface area (Å²) in [7, 11) is 0. The summed E-state index contributed by atoms with van der Waals surface area (Å²) in [6.07, 6.45) is 9.05. The monoisotopic (exact) mass is 392 g/mol. The first-order valence-electron chi connectivity index (χ1n) is 10.4. The number of pyridine rings is 1. The summed E-state index contributed by atoms with van der Waals surface area (Å²) in [4.78, 5) is 13.4. The normalized spacial score (nSPS) is 22.6. The largest absolute Gasteiger partial charge is 0.368 e. The number of piperazine rings is 1. The van der Waals surface area contributed by atoms with Crippen LogP contribution in [0.25, 0.3) is 6.08 Å². The zero-order chi connectivity index (χ0) is 18.8. The molecule has 0 atom stereocenters. The molecule has 3 heterocycles. The first-order chi connectivity index (χ1) is 13.9. The van der Waals surface area contributed by atoms with E-state index in [4.69, 9.17) is 0 Å². The van der Waals surface area contributed by atoms with Gasteiger partial charge in [-0.2, -0.15) is 0 Å². The fourth-order valence-corrected chi connectivity index (χ4v) is 5.32. The van der Waals surface area contributed by atoms with E-state index in [1.165, 1.54) is 47.8 Å². The Balaban J connectivity index is 1.32. The molecule has 2 aliphatic heterocycles. The van der Waals surface area contributed by atoms with Gasteiger partial charge >= 0.3 is 0 Å². The molecule has 0 spiro atoms. The first-order valence-corrected chi connectivity index (χ1v) is 11.4. The molecule has 1 saturated carbocycles. The number of thioether (sulfide) groups is 1. The Hall–Kier alpha value is -1.98. The molecular formula is C23H28N4S. The minimum Gasteiger partial charge on any atom is -0.368 e. The number of benzene rings is 1. The van der Waals surface area contributed by atoms with Gasteiger partial charge in [0.25, 0.3) is 0 Å². The number of hydrogen-bond donors (Lipinski definition) is 0. The molecule has 146 valence electrons. The van der Waals surface area contributed by atoms with Crippen LogP contribution in [-0.2, 0) is 0 Å². The van der Waals surface area contributed by atoms with Crippen molar-refractivity contribution in [1.82, 2.24) is 9.88 Å². The summed E-state index contributed by atoms with van der Waals surface area (Å²) in [5, 5.41) is 0. The predicted molar refractivity (Wildman–Crippen MR) is 120 cm³/mol. The van der Waals surface area contributed by atoms with Crippen LogP contribution in [0, 0.1) is 0 Å². The van der Waals surface area contributed by atoms with E-state index in [0.717, 1.165) is 38.0 Å². The molecule has 1 aliphatic carbocycles. The predicted octanol–water partition coefficient (Wildman–Crippen LogP) is 3.96. The lowest BCUT2D eigenvalue weighted by atomic mass is 10.1. The summed E-state index contributed by atoms with van der Waals surface area (Å²) in [5.41, 5.74) is 3.97. The van der Waals surface area contributed by atoms with Crippen LogP contribution >= 0.6 is 11.8 Å². The average molecular weight is 393 g/mol. The van der Waals surface area contributed by atoms with Gasteiger partial charge in [-0.05, 0) is 42.7 Å². The zero-order valence-corrected chi connectivity index (χ0v) is 17.2. The van der Waals surface area contributed by atoms with Crippen LogP contribution in [-0.4, -0.2) is 60.9 Å². The van der Waals surface area contributed by atoms with Crippen molar-refractivity contribution in [2.45, 2.75) is 18.9 Å². The zero-order valence-electron chi connectivity index (χ0n) is 16.3. The molecule has 1 aromatic heterocycles. The number of rotatable bonds is 4. The third-order valence-corrected chi connectivity index (χ3v) is 6.98. The van der Waals surface area contributed by atoms with Crippen molar-refractivity contribution in [3.05, 3.63) is 59.3 Å². The fraction of sp³-hybridized carbons (Fsp3) is 0.435. The van der Waals surface area contributed by atoms with Crippen molar-refractivity contribution in [3.63, 3.8) is 0 Å². The van der Waals surface area contributed by atoms with Crippen molar-refractivity contribution >= 4 is 29.2 Å². The topological polar surface area (TPSA) is 22.6 Å². The minimum atomic E-state index is 0.886. The molecule has 0 N–H and O–H groups in total. The molecule has 5 rings (SSSR count). The van der Waals surface area contributed by atoms with Crippen molar-refractivity contribution in [2.75, 3.05) is 54.8 Å². The highest BCUT2D eigenvalue weighted by molar-refractivity contribution is 8.03. The average Bonchev–Trinajstić information content (AvgIpc) is 3.61. The first kappa shape index (κ1) is 18.1. The molecule has 5 heteroatoms. The highest BCUT2D eigenvalue weighted by Gasteiger charge is 2.31. The molecule has 0 unspecified atom stereocenters. The van der Waals surface area contributed by atoms with Gasteiger partial charge in [0, 0.05) is 67.9 Å². The Bertz CT molecular complexity index is 826. The Morgan fingerprint density at radius 1 is 0.929 bits per heavy atom. The SMILES string of the molecule is C(=C1CN(c2cccnc2)CCS1)c1ccccc1N1CCN(C2CC2)CC1. The molecule has 3 fully saturated rings. The Labute approximate surface area is 172 Å². The molecule has 4 nitrogen and oxygen atoms in total. The quantitative estimate of drug-likeness (QED) is 0.783. The summed E-state index contributed by atoms with van der Waals surface area (Å²) in [5.74, 6) is 1.13. The summed E-state index contributed by atoms with van der Waals surface area (Å²) >= 11 is 2.00. The highest BCUT2D eigenvalue weighted by Crippen LogP contribution is 2.32. The lowest BCUT2D eigenvalue weighted by Gasteiger charge is -2.37. The van der Waals surface area contributed by atoms with E-state index in [9.17, 15) is 0 Å². The van der Waals surface area contributed by atoms with Crippen LogP contribution < -0.4 is 9.80 Å². The highest BCUT2D eigenvalue weighted by atomic mass is 32.2. The van der Waals surface area contributed by atoms with E-state index in [0.29, 0.717) is 0 Å². The lowest BCUT2D eigenvalue weighted by molar-refractivity contribution is 0.248. The summed E-state index contributed by atoms with van der Waals surface area (Å²) < 4.78 is 0. The molecule has 0 radical (unpaired) electrons. The van der Waals surface area contributed by atoms with E-state index in [2.05, 4.69) is 56.1 Å². The van der Waals surface area contributed by atoms with Crippen LogP contribution in [0.2, 0.25) is 0 Å². The number of para-hydroxylation sites is 1. The van der Waals surface area contributed by atoms with E-state index < -0.39 is 0 Å². The van der Waals surface area contributed by atoms with Crippen LogP contribution in [0.1, 0.15) is 18.4 Å². The van der Waals surface area contributed by atoms with Gasteiger partial charge in [0.1, 0.15) is 0 Å². The molecule has 3 aliphatic rings. The van der Waals surface area contributed by atoms with Gasteiger partial charge < -0.3 is 9.80 Å². The third kappa shape index (κ3) is 4.06. The number of anilines is 2. The van der Waals surface area contributed by atoms with E-state index >= 15 is 0 Å². The third-order valence-electron chi connectivity index (χ3n) is 5.98. The van der Waals surface area contributed by atoms with Crippen molar-refractivity contribution in [3.8, 4) is 0 Å². The summed E-state index contributed by atoms with van der Waals surface area (Å²) in [6, 6.07) is 14.0. The van der Waals surface area contributed by atoms with Crippen LogP contribution in [0.15, 0.2) is 53.7 Å². The van der Waals surface area contributed by atoms with Gasteiger partial charge in [-0.25, -0.2) is 0 Å². The van der Waals surface area contributed by atoms with E-state index in [-0.39, 0.29) is 0 Å². The fourth-order valence-electron chi connectivity index (χ4n) is 4.29. The number of hydrogen-bond acceptors (Lipinski definition) is 5. The molecule has 2 saturated heterocycles. The second-order valence-electron chi connectivity index (χ2n) is 7.90. The molecule has 1 aromatic carbocycles.